The number of hydrogen-bond acceptors (Lipinski definition) is 4. The average Bonchev–Trinajstić information content (AvgIpc) is 2.83. The molecular formula is C26H27FN4O3. The van der Waals surface area contributed by atoms with E-state index < -0.39 is 6.09 Å². The maximum absolute atomic E-state index is 13.5. The molecule has 0 unspecified atom stereocenters. The van der Waals surface area contributed by atoms with Gasteiger partial charge in [0.25, 0.3) is 5.91 Å². The second kappa shape index (κ2) is 10.0. The van der Waals surface area contributed by atoms with E-state index in [2.05, 4.69) is 9.88 Å². The zero-order valence-corrected chi connectivity index (χ0v) is 19.2. The summed E-state index contributed by atoms with van der Waals surface area (Å²) in [6, 6.07) is 17.3. The van der Waals surface area contributed by atoms with E-state index in [1.54, 1.807) is 42.4 Å². The van der Waals surface area contributed by atoms with Crippen molar-refractivity contribution in [3.8, 4) is 11.1 Å². The molecule has 1 N–H and O–H groups in total. The number of piperazine rings is 1. The van der Waals surface area contributed by atoms with E-state index in [1.165, 1.54) is 17.0 Å². The molecule has 0 aliphatic carbocycles. The lowest BCUT2D eigenvalue weighted by Gasteiger charge is -2.38. The van der Waals surface area contributed by atoms with Crippen molar-refractivity contribution in [1.82, 2.24) is 14.8 Å². The van der Waals surface area contributed by atoms with Crippen LogP contribution in [-0.2, 0) is 6.54 Å². The van der Waals surface area contributed by atoms with Crippen molar-refractivity contribution in [2.75, 3.05) is 31.6 Å². The topological polar surface area (TPSA) is 77.0 Å². The van der Waals surface area contributed by atoms with Crippen LogP contribution in [-0.4, -0.2) is 64.6 Å². The van der Waals surface area contributed by atoms with Crippen molar-refractivity contribution in [2.45, 2.75) is 19.5 Å². The minimum atomic E-state index is -0.873. The van der Waals surface area contributed by atoms with Crippen molar-refractivity contribution in [1.29, 1.82) is 0 Å². The van der Waals surface area contributed by atoms with Crippen LogP contribution in [0.15, 0.2) is 66.9 Å². The lowest BCUT2D eigenvalue weighted by molar-refractivity contribution is 0.0711. The molecule has 7 nitrogen and oxygen atoms in total. The Balaban J connectivity index is 1.38. The van der Waals surface area contributed by atoms with Gasteiger partial charge in [-0.3, -0.25) is 14.7 Å². The Morgan fingerprint density at radius 2 is 1.85 bits per heavy atom. The van der Waals surface area contributed by atoms with E-state index in [4.69, 9.17) is 0 Å². The third kappa shape index (κ3) is 5.23. The van der Waals surface area contributed by atoms with E-state index in [0.717, 1.165) is 23.4 Å². The van der Waals surface area contributed by atoms with Crippen molar-refractivity contribution in [2.24, 2.45) is 0 Å². The van der Waals surface area contributed by atoms with Gasteiger partial charge in [-0.15, -0.1) is 0 Å². The summed E-state index contributed by atoms with van der Waals surface area (Å²) in [4.78, 5) is 33.7. The van der Waals surface area contributed by atoms with Crippen molar-refractivity contribution < 1.29 is 19.1 Å². The van der Waals surface area contributed by atoms with E-state index >= 15 is 0 Å². The minimum Gasteiger partial charge on any atom is -0.465 e. The number of carbonyl (C=O) groups is 2. The average molecular weight is 463 g/mol. The van der Waals surface area contributed by atoms with Crippen LogP contribution in [0.2, 0.25) is 0 Å². The van der Waals surface area contributed by atoms with Gasteiger partial charge in [0, 0.05) is 56.7 Å². The van der Waals surface area contributed by atoms with Crippen LogP contribution < -0.4 is 4.90 Å². The molecule has 1 fully saturated rings. The molecule has 34 heavy (non-hydrogen) atoms. The number of hydrogen-bond donors (Lipinski definition) is 1. The Morgan fingerprint density at radius 1 is 1.09 bits per heavy atom. The molecule has 2 heterocycles. The molecule has 0 saturated carbocycles. The van der Waals surface area contributed by atoms with Gasteiger partial charge in [-0.1, -0.05) is 30.3 Å². The summed E-state index contributed by atoms with van der Waals surface area (Å²) in [5, 5.41) is 9.23. The summed E-state index contributed by atoms with van der Waals surface area (Å²) in [7, 11) is 1.70. The van der Waals surface area contributed by atoms with Crippen LogP contribution >= 0.6 is 0 Å². The van der Waals surface area contributed by atoms with Gasteiger partial charge in [-0.2, -0.15) is 0 Å². The second-order valence-electron chi connectivity index (χ2n) is 8.53. The minimum absolute atomic E-state index is 0.0471. The SMILES string of the molecule is C[C@H]1CN(Cc2ccc(N(C)C(=O)c3ccc(-c4cccc(F)c4)cn3)cc2)CCN1C(=O)O. The summed E-state index contributed by atoms with van der Waals surface area (Å²) in [5.41, 5.74) is 3.58. The molecule has 0 radical (unpaired) electrons. The van der Waals surface area contributed by atoms with Gasteiger partial charge in [0.2, 0.25) is 0 Å². The molecule has 1 atom stereocenters. The van der Waals surface area contributed by atoms with Crippen LogP contribution in [0.3, 0.4) is 0 Å². The van der Waals surface area contributed by atoms with Gasteiger partial charge < -0.3 is 14.9 Å². The standard InChI is InChI=1S/C26H27FN4O3/c1-18-16-30(12-13-31(18)26(33)34)17-19-6-9-23(10-7-19)29(2)25(32)24-11-8-21(15-28-24)20-4-3-5-22(27)14-20/h3-11,14-15,18H,12-13,16-17H2,1-2H3,(H,33,34)/t18-/m0/s1. The number of halogens is 1. The van der Waals surface area contributed by atoms with E-state index in [1.807, 2.05) is 31.2 Å². The number of amides is 2. The Labute approximate surface area is 198 Å². The first-order chi connectivity index (χ1) is 16.3. The number of aromatic nitrogens is 1. The lowest BCUT2D eigenvalue weighted by Crippen LogP contribution is -2.53. The molecule has 176 valence electrons. The van der Waals surface area contributed by atoms with Crippen LogP contribution in [0.4, 0.5) is 14.9 Å². The first kappa shape index (κ1) is 23.4. The van der Waals surface area contributed by atoms with E-state index in [9.17, 15) is 19.1 Å². The number of pyridine rings is 1. The number of carbonyl (C=O) groups excluding carboxylic acids is 1. The normalized spacial score (nSPS) is 16.3. The highest BCUT2D eigenvalue weighted by Gasteiger charge is 2.27. The Hall–Kier alpha value is -3.78. The maximum atomic E-state index is 13.5. The van der Waals surface area contributed by atoms with E-state index in [-0.39, 0.29) is 17.8 Å². The van der Waals surface area contributed by atoms with Gasteiger partial charge in [0.1, 0.15) is 11.5 Å². The van der Waals surface area contributed by atoms with Crippen LogP contribution in [0.25, 0.3) is 11.1 Å². The maximum Gasteiger partial charge on any atom is 0.407 e. The molecular weight excluding hydrogens is 435 g/mol. The smallest absolute Gasteiger partial charge is 0.407 e. The fourth-order valence-corrected chi connectivity index (χ4v) is 4.19. The predicted molar refractivity (Wildman–Crippen MR) is 128 cm³/mol. The van der Waals surface area contributed by atoms with Crippen LogP contribution in [0, 0.1) is 5.82 Å². The molecule has 1 aromatic heterocycles. The first-order valence-corrected chi connectivity index (χ1v) is 11.1. The van der Waals surface area contributed by atoms with Crippen LogP contribution in [0.1, 0.15) is 23.0 Å². The van der Waals surface area contributed by atoms with Crippen LogP contribution in [0.5, 0.6) is 0 Å². The Bertz CT molecular complexity index is 1170. The fraction of sp³-hybridized carbons (Fsp3) is 0.269. The Kier molecular flexibility index (Phi) is 6.88. The molecule has 3 aromatic rings. The highest BCUT2D eigenvalue weighted by molar-refractivity contribution is 6.04. The zero-order chi connectivity index (χ0) is 24.2. The van der Waals surface area contributed by atoms with E-state index in [0.29, 0.717) is 30.9 Å². The summed E-state index contributed by atoms with van der Waals surface area (Å²) >= 11 is 0. The molecule has 2 amide bonds. The number of nitrogens with zero attached hydrogens (tertiary/aromatic N) is 4. The molecule has 8 heteroatoms. The zero-order valence-electron chi connectivity index (χ0n) is 19.2. The fourth-order valence-electron chi connectivity index (χ4n) is 4.19. The number of anilines is 1. The molecule has 0 spiro atoms. The monoisotopic (exact) mass is 462 g/mol. The number of rotatable bonds is 5. The second-order valence-corrected chi connectivity index (χ2v) is 8.53. The van der Waals surface area contributed by atoms with Gasteiger partial charge in [0.05, 0.1) is 0 Å². The molecule has 1 aliphatic heterocycles. The quantitative estimate of drug-likeness (QED) is 0.610. The van der Waals surface area contributed by atoms with Crippen molar-refractivity contribution in [3.05, 3.63) is 83.9 Å². The third-order valence-corrected chi connectivity index (χ3v) is 6.13. The third-order valence-electron chi connectivity index (χ3n) is 6.13. The number of carboxylic acid groups (broad SMARTS) is 1. The van der Waals surface area contributed by atoms with Crippen molar-refractivity contribution >= 4 is 17.7 Å². The highest BCUT2D eigenvalue weighted by atomic mass is 19.1. The first-order valence-electron chi connectivity index (χ1n) is 11.1. The summed E-state index contributed by atoms with van der Waals surface area (Å²) in [5.74, 6) is -0.560. The van der Waals surface area contributed by atoms with Gasteiger partial charge in [-0.25, -0.2) is 9.18 Å². The Morgan fingerprint density at radius 3 is 2.47 bits per heavy atom. The van der Waals surface area contributed by atoms with Gasteiger partial charge in [-0.05, 0) is 48.4 Å². The molecule has 4 rings (SSSR count). The largest absolute Gasteiger partial charge is 0.465 e. The lowest BCUT2D eigenvalue weighted by atomic mass is 10.1. The predicted octanol–water partition coefficient (Wildman–Crippen LogP) is 4.35. The highest BCUT2D eigenvalue weighted by Crippen LogP contribution is 2.22. The summed E-state index contributed by atoms with van der Waals surface area (Å²) < 4.78 is 13.5. The van der Waals surface area contributed by atoms with Gasteiger partial charge >= 0.3 is 6.09 Å². The summed E-state index contributed by atoms with van der Waals surface area (Å²) in [6.07, 6.45) is 0.701. The number of benzene rings is 2. The molecule has 1 saturated heterocycles. The van der Waals surface area contributed by atoms with Gasteiger partial charge in [0.15, 0.2) is 0 Å². The van der Waals surface area contributed by atoms with Crippen molar-refractivity contribution in [3.63, 3.8) is 0 Å². The molecule has 2 aromatic carbocycles. The molecule has 0 bridgehead atoms. The molecule has 1 aliphatic rings. The summed E-state index contributed by atoms with van der Waals surface area (Å²) in [6.45, 7) is 4.51.